The van der Waals surface area contributed by atoms with Gasteiger partial charge in [-0.2, -0.15) is 0 Å². The summed E-state index contributed by atoms with van der Waals surface area (Å²) in [6.07, 6.45) is 1.61. The van der Waals surface area contributed by atoms with E-state index in [-0.39, 0.29) is 5.82 Å². The Labute approximate surface area is 154 Å². The van der Waals surface area contributed by atoms with E-state index < -0.39 is 0 Å². The average molecular weight is 365 g/mol. The Morgan fingerprint density at radius 1 is 1.04 bits per heavy atom. The maximum atomic E-state index is 13.9. The van der Waals surface area contributed by atoms with E-state index >= 15 is 0 Å². The number of hydrogen-bond donors (Lipinski definition) is 0. The Hall–Kier alpha value is -2.86. The fraction of sp³-hybridized carbons (Fsp3) is 0.100. The van der Waals surface area contributed by atoms with Crippen molar-refractivity contribution in [1.29, 1.82) is 0 Å². The van der Waals surface area contributed by atoms with Crippen LogP contribution in [0.5, 0.6) is 0 Å². The summed E-state index contributed by atoms with van der Waals surface area (Å²) >= 11 is 1.44. The van der Waals surface area contributed by atoms with Crippen LogP contribution in [0.4, 0.5) is 4.39 Å². The minimum Gasteiger partial charge on any atom is -0.461 e. The van der Waals surface area contributed by atoms with Crippen LogP contribution >= 0.6 is 11.8 Å². The van der Waals surface area contributed by atoms with Crippen molar-refractivity contribution in [2.45, 2.75) is 17.8 Å². The Morgan fingerprint density at radius 3 is 2.69 bits per heavy atom. The van der Waals surface area contributed by atoms with E-state index in [1.54, 1.807) is 18.4 Å². The van der Waals surface area contributed by atoms with Crippen molar-refractivity contribution in [3.8, 4) is 17.3 Å². The minimum atomic E-state index is -0.215. The zero-order chi connectivity index (χ0) is 17.9. The highest BCUT2D eigenvalue weighted by Crippen LogP contribution is 2.30. The Balaban J connectivity index is 1.74. The van der Waals surface area contributed by atoms with Crippen LogP contribution in [-0.4, -0.2) is 14.8 Å². The van der Waals surface area contributed by atoms with Crippen molar-refractivity contribution in [2.24, 2.45) is 0 Å². The lowest BCUT2D eigenvalue weighted by Gasteiger charge is -2.10. The van der Waals surface area contributed by atoms with Crippen LogP contribution < -0.4 is 0 Å². The van der Waals surface area contributed by atoms with E-state index in [1.807, 2.05) is 47.9 Å². The molecule has 0 bridgehead atoms. The molecule has 0 spiro atoms. The lowest BCUT2D eigenvalue weighted by atomic mass is 10.2. The average Bonchev–Trinajstić information content (AvgIpc) is 3.30. The molecule has 0 saturated carbocycles. The van der Waals surface area contributed by atoms with Crippen molar-refractivity contribution in [3.63, 3.8) is 0 Å². The second-order valence-electron chi connectivity index (χ2n) is 5.84. The van der Waals surface area contributed by atoms with Crippen LogP contribution in [-0.2, 0) is 5.75 Å². The molecule has 0 atom stereocenters. The molecule has 2 aromatic heterocycles. The van der Waals surface area contributed by atoms with E-state index in [0.717, 1.165) is 11.3 Å². The van der Waals surface area contributed by atoms with E-state index in [4.69, 9.17) is 4.42 Å². The highest BCUT2D eigenvalue weighted by Gasteiger charge is 2.18. The molecule has 130 valence electrons. The molecule has 26 heavy (non-hydrogen) atoms. The first-order valence-electron chi connectivity index (χ1n) is 8.15. The SMILES string of the molecule is Cc1cccc(-n2c(SCc3ccccc3F)nnc2-c2ccco2)c1. The third kappa shape index (κ3) is 3.28. The topological polar surface area (TPSA) is 43.9 Å². The Morgan fingerprint density at radius 2 is 1.92 bits per heavy atom. The number of aryl methyl sites for hydroxylation is 1. The van der Waals surface area contributed by atoms with Gasteiger partial charge in [0.1, 0.15) is 5.82 Å². The zero-order valence-corrected chi connectivity index (χ0v) is 14.9. The van der Waals surface area contributed by atoms with Gasteiger partial charge in [0, 0.05) is 5.75 Å². The number of furan rings is 1. The number of hydrogen-bond acceptors (Lipinski definition) is 4. The molecule has 0 N–H and O–H groups in total. The molecule has 0 unspecified atom stereocenters. The molecule has 2 aromatic carbocycles. The summed E-state index contributed by atoms with van der Waals surface area (Å²) < 4.78 is 21.4. The number of nitrogens with zero attached hydrogens (tertiary/aromatic N) is 3. The van der Waals surface area contributed by atoms with Crippen molar-refractivity contribution < 1.29 is 8.81 Å². The molecule has 0 fully saturated rings. The van der Waals surface area contributed by atoms with Gasteiger partial charge in [-0.05, 0) is 48.4 Å². The van der Waals surface area contributed by atoms with E-state index in [9.17, 15) is 4.39 Å². The lowest BCUT2D eigenvalue weighted by molar-refractivity contribution is 0.575. The zero-order valence-electron chi connectivity index (χ0n) is 14.1. The number of aromatic nitrogens is 3. The van der Waals surface area contributed by atoms with Crippen LogP contribution in [0, 0.1) is 12.7 Å². The minimum absolute atomic E-state index is 0.215. The quantitative estimate of drug-likeness (QED) is 0.452. The first-order chi connectivity index (χ1) is 12.7. The number of halogens is 1. The van der Waals surface area contributed by atoms with Crippen LogP contribution in [0.1, 0.15) is 11.1 Å². The summed E-state index contributed by atoms with van der Waals surface area (Å²) in [6, 6.07) is 18.5. The molecule has 0 aliphatic rings. The van der Waals surface area contributed by atoms with Gasteiger partial charge in [-0.1, -0.05) is 42.1 Å². The van der Waals surface area contributed by atoms with Gasteiger partial charge in [-0.3, -0.25) is 4.57 Å². The summed E-state index contributed by atoms with van der Waals surface area (Å²) in [5, 5.41) is 9.31. The normalized spacial score (nSPS) is 11.0. The highest BCUT2D eigenvalue weighted by atomic mass is 32.2. The van der Waals surface area contributed by atoms with Gasteiger partial charge in [-0.25, -0.2) is 4.39 Å². The van der Waals surface area contributed by atoms with Crippen LogP contribution in [0.25, 0.3) is 17.3 Å². The van der Waals surface area contributed by atoms with Crippen LogP contribution in [0.3, 0.4) is 0 Å². The standard InChI is InChI=1S/C20H16FN3OS/c1-14-6-4-8-16(12-14)24-19(18-10-5-11-25-18)22-23-20(24)26-13-15-7-2-3-9-17(15)21/h2-12H,13H2,1H3. The molecule has 0 aliphatic heterocycles. The van der Waals surface area contributed by atoms with Gasteiger partial charge in [-0.15, -0.1) is 10.2 Å². The first kappa shape index (κ1) is 16.6. The van der Waals surface area contributed by atoms with Crippen molar-refractivity contribution in [1.82, 2.24) is 14.8 Å². The molecule has 0 aliphatic carbocycles. The largest absolute Gasteiger partial charge is 0.461 e. The Bertz CT molecular complexity index is 1030. The molecule has 4 aromatic rings. The van der Waals surface area contributed by atoms with E-state index in [0.29, 0.717) is 28.1 Å². The maximum Gasteiger partial charge on any atom is 0.205 e. The summed E-state index contributed by atoms with van der Waals surface area (Å²) in [5.74, 6) is 1.51. The third-order valence-corrected chi connectivity index (χ3v) is 4.93. The fourth-order valence-corrected chi connectivity index (χ4v) is 3.62. The summed E-state index contributed by atoms with van der Waals surface area (Å²) in [4.78, 5) is 0. The fourth-order valence-electron chi connectivity index (χ4n) is 2.69. The van der Waals surface area contributed by atoms with Gasteiger partial charge in [0.05, 0.1) is 12.0 Å². The first-order valence-corrected chi connectivity index (χ1v) is 9.13. The summed E-state index contributed by atoms with van der Waals surface area (Å²) in [6.45, 7) is 2.03. The molecule has 0 amide bonds. The highest BCUT2D eigenvalue weighted by molar-refractivity contribution is 7.98. The summed E-state index contributed by atoms with van der Waals surface area (Å²) in [7, 11) is 0. The lowest BCUT2D eigenvalue weighted by Crippen LogP contribution is -2.00. The Kier molecular flexibility index (Phi) is 4.58. The number of rotatable bonds is 5. The molecule has 0 saturated heterocycles. The van der Waals surface area contributed by atoms with E-state index in [2.05, 4.69) is 16.3 Å². The molecule has 2 heterocycles. The van der Waals surface area contributed by atoms with Gasteiger partial charge in [0.25, 0.3) is 0 Å². The molecular formula is C20H16FN3OS. The second kappa shape index (κ2) is 7.17. The molecule has 0 radical (unpaired) electrons. The van der Waals surface area contributed by atoms with Crippen LogP contribution in [0.15, 0.2) is 76.5 Å². The smallest absolute Gasteiger partial charge is 0.205 e. The monoisotopic (exact) mass is 365 g/mol. The maximum absolute atomic E-state index is 13.9. The number of thioether (sulfide) groups is 1. The molecule has 4 rings (SSSR count). The summed E-state index contributed by atoms with van der Waals surface area (Å²) in [5.41, 5.74) is 2.71. The number of benzene rings is 2. The van der Waals surface area contributed by atoms with Crippen LogP contribution in [0.2, 0.25) is 0 Å². The van der Waals surface area contributed by atoms with Crippen molar-refractivity contribution in [2.75, 3.05) is 0 Å². The van der Waals surface area contributed by atoms with Gasteiger partial charge in [0.2, 0.25) is 5.82 Å². The van der Waals surface area contributed by atoms with Gasteiger partial charge in [0.15, 0.2) is 10.9 Å². The molecular weight excluding hydrogens is 349 g/mol. The van der Waals surface area contributed by atoms with Crippen molar-refractivity contribution >= 4 is 11.8 Å². The predicted molar refractivity (Wildman–Crippen MR) is 99.8 cm³/mol. The second-order valence-corrected chi connectivity index (χ2v) is 6.78. The van der Waals surface area contributed by atoms with Gasteiger partial charge >= 0.3 is 0 Å². The van der Waals surface area contributed by atoms with E-state index in [1.165, 1.54) is 17.8 Å². The van der Waals surface area contributed by atoms with Crippen molar-refractivity contribution in [3.05, 3.63) is 83.9 Å². The van der Waals surface area contributed by atoms with Gasteiger partial charge < -0.3 is 4.42 Å². The third-order valence-electron chi connectivity index (χ3n) is 3.95. The molecule has 6 heteroatoms. The predicted octanol–water partition coefficient (Wildman–Crippen LogP) is 5.27. The molecule has 4 nitrogen and oxygen atoms in total.